The molecule has 0 saturated heterocycles. The smallest absolute Gasteiger partial charge is 0.144 e. The molecule has 5 rings (SSSR count). The van der Waals surface area contributed by atoms with E-state index in [0.717, 1.165) is 42.5 Å². The van der Waals surface area contributed by atoms with Gasteiger partial charge in [-0.1, -0.05) is 48.5 Å². The molecule has 3 aromatic carbocycles. The third kappa shape index (κ3) is 2.01. The van der Waals surface area contributed by atoms with E-state index < -0.39 is 0 Å². The van der Waals surface area contributed by atoms with Crippen molar-refractivity contribution in [3.63, 3.8) is 0 Å². The van der Waals surface area contributed by atoms with Crippen LogP contribution in [0.25, 0.3) is 32.0 Å². The summed E-state index contributed by atoms with van der Waals surface area (Å²) in [5.41, 5.74) is 9.75. The van der Waals surface area contributed by atoms with E-state index in [-0.39, 0.29) is 0 Å². The van der Waals surface area contributed by atoms with Gasteiger partial charge in [-0.15, -0.1) is 11.3 Å². The van der Waals surface area contributed by atoms with Crippen molar-refractivity contribution in [2.75, 3.05) is 5.73 Å². The number of para-hydroxylation sites is 2. The van der Waals surface area contributed by atoms with Crippen LogP contribution in [0, 0.1) is 5.41 Å². The highest BCUT2D eigenvalue weighted by Gasteiger charge is 2.19. The summed E-state index contributed by atoms with van der Waals surface area (Å²) in [5.74, 6) is 0. The highest BCUT2D eigenvalue weighted by Crippen LogP contribution is 2.37. The van der Waals surface area contributed by atoms with Gasteiger partial charge in [0.05, 0.1) is 16.3 Å². The summed E-state index contributed by atoms with van der Waals surface area (Å²) in [6.45, 7) is 0. The molecule has 3 N–H and O–H groups in total. The van der Waals surface area contributed by atoms with Crippen molar-refractivity contribution in [3.05, 3.63) is 77.2 Å². The van der Waals surface area contributed by atoms with E-state index in [4.69, 9.17) is 15.6 Å². The van der Waals surface area contributed by atoms with Crippen molar-refractivity contribution in [2.45, 2.75) is 0 Å². The van der Waals surface area contributed by atoms with E-state index in [2.05, 4.69) is 0 Å². The van der Waals surface area contributed by atoms with Crippen LogP contribution in [0.2, 0.25) is 0 Å². The highest BCUT2D eigenvalue weighted by atomic mass is 32.1. The Balaban J connectivity index is 1.77. The Bertz CT molecular complexity index is 1280. The average Bonchev–Trinajstić information content (AvgIpc) is 3.19. The first kappa shape index (κ1) is 14.3. The van der Waals surface area contributed by atoms with Gasteiger partial charge in [0, 0.05) is 26.4 Å². The van der Waals surface area contributed by atoms with Crippen LogP contribution >= 0.6 is 11.3 Å². The number of anilines is 1. The van der Waals surface area contributed by atoms with Crippen LogP contribution in [0.3, 0.4) is 0 Å². The Kier molecular flexibility index (Phi) is 2.96. The minimum Gasteiger partial charge on any atom is -0.455 e. The summed E-state index contributed by atoms with van der Waals surface area (Å²) in [4.78, 5) is 0.786. The van der Waals surface area contributed by atoms with Crippen molar-refractivity contribution in [3.8, 4) is 0 Å². The van der Waals surface area contributed by atoms with Crippen LogP contribution in [0.5, 0.6) is 0 Å². The lowest BCUT2D eigenvalue weighted by Crippen LogP contribution is -2.02. The van der Waals surface area contributed by atoms with Gasteiger partial charge in [0.15, 0.2) is 0 Å². The molecule has 0 saturated carbocycles. The molecule has 0 aliphatic carbocycles. The Morgan fingerprint density at radius 3 is 2.40 bits per heavy atom. The molecule has 0 amide bonds. The molecule has 2 aromatic heterocycles. The third-order valence-electron chi connectivity index (χ3n) is 4.53. The van der Waals surface area contributed by atoms with Crippen LogP contribution in [0.15, 0.2) is 71.1 Å². The third-order valence-corrected chi connectivity index (χ3v) is 5.74. The average molecular weight is 342 g/mol. The number of furan rings is 1. The number of benzene rings is 3. The number of nitrogens with one attached hydrogen (secondary N) is 1. The quantitative estimate of drug-likeness (QED) is 0.398. The second kappa shape index (κ2) is 5.19. The summed E-state index contributed by atoms with van der Waals surface area (Å²) in [6.07, 6.45) is 0. The summed E-state index contributed by atoms with van der Waals surface area (Å²) in [7, 11) is 0. The van der Waals surface area contributed by atoms with Crippen LogP contribution in [0.4, 0.5) is 5.69 Å². The lowest BCUT2D eigenvalue weighted by Gasteiger charge is -2.04. The number of hydrogen-bond acceptors (Lipinski definition) is 4. The van der Waals surface area contributed by atoms with Crippen molar-refractivity contribution in [1.29, 1.82) is 5.41 Å². The molecule has 0 fully saturated rings. The molecule has 25 heavy (non-hydrogen) atoms. The normalized spacial score (nSPS) is 11.5. The summed E-state index contributed by atoms with van der Waals surface area (Å²) >= 11 is 1.55. The van der Waals surface area contributed by atoms with E-state index in [1.807, 2.05) is 66.7 Å². The SMILES string of the molecule is N=C(c1sc2ccccc2c1N)c1cccc2c1oc1ccccc12. The van der Waals surface area contributed by atoms with Gasteiger partial charge in [0.2, 0.25) is 0 Å². The monoisotopic (exact) mass is 342 g/mol. The second-order valence-electron chi connectivity index (χ2n) is 6.00. The van der Waals surface area contributed by atoms with Gasteiger partial charge in [0.25, 0.3) is 0 Å². The molecule has 0 spiro atoms. The maximum Gasteiger partial charge on any atom is 0.144 e. The van der Waals surface area contributed by atoms with E-state index in [0.29, 0.717) is 11.4 Å². The fourth-order valence-corrected chi connectivity index (χ4v) is 4.40. The fourth-order valence-electron chi connectivity index (χ4n) is 3.32. The maximum atomic E-state index is 8.77. The van der Waals surface area contributed by atoms with E-state index in [1.54, 1.807) is 11.3 Å². The van der Waals surface area contributed by atoms with Gasteiger partial charge >= 0.3 is 0 Å². The van der Waals surface area contributed by atoms with E-state index in [9.17, 15) is 0 Å². The lowest BCUT2D eigenvalue weighted by molar-refractivity contribution is 0.668. The molecule has 0 aliphatic heterocycles. The molecular weight excluding hydrogens is 328 g/mol. The maximum absolute atomic E-state index is 8.77. The predicted molar refractivity (Wildman–Crippen MR) is 106 cm³/mol. The Hall–Kier alpha value is -3.11. The zero-order chi connectivity index (χ0) is 17.0. The zero-order valence-electron chi connectivity index (χ0n) is 13.2. The predicted octanol–water partition coefficient (Wildman–Crippen LogP) is 5.80. The zero-order valence-corrected chi connectivity index (χ0v) is 14.1. The minimum atomic E-state index is 0.406. The number of hydrogen-bond donors (Lipinski definition) is 2. The fraction of sp³-hybridized carbons (Fsp3) is 0. The largest absolute Gasteiger partial charge is 0.455 e. The minimum absolute atomic E-state index is 0.406. The molecule has 0 aliphatic rings. The molecule has 3 nitrogen and oxygen atoms in total. The Morgan fingerprint density at radius 2 is 1.56 bits per heavy atom. The van der Waals surface area contributed by atoms with Crippen LogP contribution in [0.1, 0.15) is 10.4 Å². The molecule has 120 valence electrons. The van der Waals surface area contributed by atoms with Crippen LogP contribution in [-0.2, 0) is 0 Å². The number of nitrogens with two attached hydrogens (primary N) is 1. The van der Waals surface area contributed by atoms with Crippen LogP contribution in [-0.4, -0.2) is 5.71 Å². The molecule has 5 aromatic rings. The first-order valence-electron chi connectivity index (χ1n) is 8.00. The summed E-state index contributed by atoms with van der Waals surface area (Å²) in [6, 6.07) is 21.9. The number of rotatable bonds is 2. The molecule has 2 heterocycles. The molecule has 0 atom stereocenters. The van der Waals surface area contributed by atoms with Gasteiger partial charge in [-0.2, -0.15) is 0 Å². The molecule has 0 radical (unpaired) electrons. The van der Waals surface area contributed by atoms with Crippen LogP contribution < -0.4 is 5.73 Å². The first-order valence-corrected chi connectivity index (χ1v) is 8.82. The van der Waals surface area contributed by atoms with E-state index in [1.165, 1.54) is 0 Å². The van der Waals surface area contributed by atoms with Gasteiger partial charge in [-0.05, 0) is 18.2 Å². The van der Waals surface area contributed by atoms with Gasteiger partial charge in [0.1, 0.15) is 11.2 Å². The van der Waals surface area contributed by atoms with E-state index >= 15 is 0 Å². The van der Waals surface area contributed by atoms with Crippen molar-refractivity contribution in [1.82, 2.24) is 0 Å². The van der Waals surface area contributed by atoms with Gasteiger partial charge in [-0.3, -0.25) is 5.41 Å². The van der Waals surface area contributed by atoms with Gasteiger partial charge in [-0.25, -0.2) is 0 Å². The second-order valence-corrected chi connectivity index (χ2v) is 7.05. The van der Waals surface area contributed by atoms with Gasteiger partial charge < -0.3 is 10.2 Å². The molecule has 4 heteroatoms. The lowest BCUT2D eigenvalue weighted by atomic mass is 10.0. The standard InChI is InChI=1S/C21H14N2OS/c22-18-14-7-2-4-11-17(14)25-21(18)19(23)15-9-5-8-13-12-6-1-3-10-16(12)24-20(13)15/h1-11,23H,22H2. The first-order chi connectivity index (χ1) is 12.2. The molecular formula is C21H14N2OS. The molecule has 0 unspecified atom stereocenters. The number of fused-ring (bicyclic) bond motifs is 4. The number of nitrogen functional groups attached to an aromatic ring is 1. The summed E-state index contributed by atoms with van der Waals surface area (Å²) in [5, 5.41) is 11.9. The number of thiophene rings is 1. The van der Waals surface area contributed by atoms with Crippen molar-refractivity contribution in [2.24, 2.45) is 0 Å². The highest BCUT2D eigenvalue weighted by molar-refractivity contribution is 7.21. The van der Waals surface area contributed by atoms with Crippen molar-refractivity contribution >= 4 is 54.8 Å². The Labute approximate surface area is 147 Å². The topological polar surface area (TPSA) is 63.0 Å². The van der Waals surface area contributed by atoms with Crippen molar-refractivity contribution < 1.29 is 4.42 Å². The molecule has 0 bridgehead atoms. The Morgan fingerprint density at radius 1 is 0.840 bits per heavy atom. The summed E-state index contributed by atoms with van der Waals surface area (Å²) < 4.78 is 7.16.